The van der Waals surface area contributed by atoms with Gasteiger partial charge in [0.25, 0.3) is 5.91 Å². The fourth-order valence-electron chi connectivity index (χ4n) is 6.25. The van der Waals surface area contributed by atoms with E-state index >= 15 is 0 Å². The predicted octanol–water partition coefficient (Wildman–Crippen LogP) is 4.20. The molecule has 0 unspecified atom stereocenters. The summed E-state index contributed by atoms with van der Waals surface area (Å²) in [5.41, 5.74) is 7.19. The molecule has 1 saturated carbocycles. The Morgan fingerprint density at radius 1 is 1.00 bits per heavy atom. The molecule has 1 N–H and O–H groups in total. The number of aliphatic carboxylic acids is 1. The molecule has 5 nitrogen and oxygen atoms in total. The average Bonchev–Trinajstić information content (AvgIpc) is 3.02. The third-order valence-corrected chi connectivity index (χ3v) is 9.32. The molecule has 3 aromatic rings. The maximum absolute atomic E-state index is 13.6. The predicted molar refractivity (Wildman–Crippen MR) is 179 cm³/mol. The van der Waals surface area contributed by atoms with E-state index in [1.807, 2.05) is 49.6 Å². The molecule has 1 aliphatic carbocycles. The van der Waals surface area contributed by atoms with Crippen LogP contribution in [0.3, 0.4) is 0 Å². The summed E-state index contributed by atoms with van der Waals surface area (Å²) in [6.45, 7) is 6.06. The molecule has 4 rings (SSSR count). The van der Waals surface area contributed by atoms with E-state index in [-0.39, 0.29) is 24.8 Å². The number of carboxylic acid groups (broad SMARTS) is 1. The fraction of sp³-hybridized carbons (Fsp3) is 0.459. The number of benzene rings is 3. The summed E-state index contributed by atoms with van der Waals surface area (Å²) in [6, 6.07) is 21.9. The van der Waals surface area contributed by atoms with Crippen LogP contribution in [0, 0.1) is 12.8 Å². The van der Waals surface area contributed by atoms with E-state index in [4.69, 9.17) is 0 Å². The van der Waals surface area contributed by atoms with Crippen LogP contribution in [-0.4, -0.2) is 36.5 Å². The van der Waals surface area contributed by atoms with E-state index in [0.29, 0.717) is 23.7 Å². The molecule has 230 valence electrons. The van der Waals surface area contributed by atoms with Crippen LogP contribution in [0.1, 0.15) is 85.3 Å². The van der Waals surface area contributed by atoms with Crippen LogP contribution in [0.4, 0.5) is 5.69 Å². The molecule has 1 fully saturated rings. The van der Waals surface area contributed by atoms with Crippen molar-refractivity contribution in [2.75, 3.05) is 23.5 Å². The maximum Gasteiger partial charge on any atom is 1.00 e. The summed E-state index contributed by atoms with van der Waals surface area (Å²) in [5, 5.41) is 14.5. The average molecular weight is 607 g/mol. The van der Waals surface area contributed by atoms with Crippen LogP contribution in [0.5, 0.6) is 0 Å². The zero-order valence-corrected chi connectivity index (χ0v) is 27.9. The van der Waals surface area contributed by atoms with E-state index in [1.165, 1.54) is 49.8 Å². The number of rotatable bonds is 15. The molecule has 0 radical (unpaired) electrons. The summed E-state index contributed by atoms with van der Waals surface area (Å²) < 4.78 is 0. The molecule has 0 aromatic heterocycles. The number of aryl methyl sites for hydroxylation is 2. The Hall–Kier alpha value is -2.65. The number of anilines is 1. The molecule has 44 heavy (non-hydrogen) atoms. The van der Waals surface area contributed by atoms with Gasteiger partial charge in [0.15, 0.2) is 0 Å². The standard InChI is InChI=1S/C37H48N2O3S.Li/c1-4-5-16-30-17-10-12-19-35(30)39(25-28-14-7-6-8-15-28)26-29-20-21-32(33(24-29)31-18-11-9-13-27(31)2)36(40)38-34(37(41)42)22-23-43-3;/h9-13,17-21,24,28,34H,4-8,14-16,22-23,25-26H2,1-3H3,(H,38,40)(H,41,42);/q;+1/p-1/t34-;/m0./s1. The summed E-state index contributed by atoms with van der Waals surface area (Å²) in [7, 11) is 0. The largest absolute Gasteiger partial charge is 1.00 e. The first kappa shape index (κ1) is 35.8. The minimum Gasteiger partial charge on any atom is -0.548 e. The molecule has 1 amide bonds. The van der Waals surface area contributed by atoms with Crippen molar-refractivity contribution >= 4 is 29.3 Å². The van der Waals surface area contributed by atoms with Gasteiger partial charge in [-0.15, -0.1) is 0 Å². The molecular weight excluding hydrogens is 559 g/mol. The van der Waals surface area contributed by atoms with Crippen molar-refractivity contribution in [3.05, 3.63) is 89.0 Å². The second-order valence-electron chi connectivity index (χ2n) is 11.9. The number of nitrogens with zero attached hydrogens (tertiary/aromatic N) is 1. The molecule has 3 aromatic carbocycles. The molecule has 0 bridgehead atoms. The van der Waals surface area contributed by atoms with Gasteiger partial charge in [-0.25, -0.2) is 0 Å². The van der Waals surface area contributed by atoms with Crippen molar-refractivity contribution in [2.45, 2.75) is 84.2 Å². The van der Waals surface area contributed by atoms with Crippen LogP contribution < -0.4 is 34.2 Å². The maximum atomic E-state index is 13.6. The number of para-hydroxylation sites is 1. The summed E-state index contributed by atoms with van der Waals surface area (Å²) in [6.07, 6.45) is 12.1. The third kappa shape index (κ3) is 9.93. The first-order chi connectivity index (χ1) is 20.9. The fourth-order valence-corrected chi connectivity index (χ4v) is 6.73. The molecule has 7 heteroatoms. The van der Waals surface area contributed by atoms with Gasteiger partial charge in [-0.2, -0.15) is 11.8 Å². The number of unbranched alkanes of at least 4 members (excludes halogenated alkanes) is 1. The van der Waals surface area contributed by atoms with Crippen molar-refractivity contribution in [3.63, 3.8) is 0 Å². The van der Waals surface area contributed by atoms with Gasteiger partial charge in [0, 0.05) is 24.3 Å². The molecular formula is C37H47LiN2O3S. The van der Waals surface area contributed by atoms with Crippen molar-refractivity contribution in [1.82, 2.24) is 5.32 Å². The molecule has 1 atom stereocenters. The number of amides is 1. The van der Waals surface area contributed by atoms with E-state index < -0.39 is 12.0 Å². The van der Waals surface area contributed by atoms with Crippen LogP contribution in [0.2, 0.25) is 0 Å². The van der Waals surface area contributed by atoms with Gasteiger partial charge in [-0.3, -0.25) is 4.79 Å². The molecule has 1 aliphatic rings. The van der Waals surface area contributed by atoms with Crippen LogP contribution >= 0.6 is 11.8 Å². The van der Waals surface area contributed by atoms with E-state index in [9.17, 15) is 14.7 Å². The quantitative estimate of drug-likeness (QED) is 0.263. The van der Waals surface area contributed by atoms with Crippen molar-refractivity contribution in [3.8, 4) is 11.1 Å². The van der Waals surface area contributed by atoms with Gasteiger partial charge in [0.2, 0.25) is 0 Å². The van der Waals surface area contributed by atoms with Gasteiger partial charge in [0.1, 0.15) is 0 Å². The van der Waals surface area contributed by atoms with Crippen LogP contribution in [0.15, 0.2) is 66.7 Å². The minimum absolute atomic E-state index is 0. The number of carbonyl (C=O) groups excluding carboxylic acids is 2. The van der Waals surface area contributed by atoms with Gasteiger partial charge in [-0.05, 0) is 103 Å². The van der Waals surface area contributed by atoms with Gasteiger partial charge in [0.05, 0.1) is 12.0 Å². The summed E-state index contributed by atoms with van der Waals surface area (Å²) in [5.74, 6) is -0.337. The number of thioether (sulfide) groups is 1. The Balaban J connectivity index is 0.00000529. The normalized spacial score (nSPS) is 14.0. The van der Waals surface area contributed by atoms with Crippen molar-refractivity contribution < 1.29 is 33.6 Å². The monoisotopic (exact) mass is 606 g/mol. The number of hydrogen-bond acceptors (Lipinski definition) is 5. The second-order valence-corrected chi connectivity index (χ2v) is 12.9. The number of nitrogens with one attached hydrogen (secondary N) is 1. The summed E-state index contributed by atoms with van der Waals surface area (Å²) in [4.78, 5) is 27.9. The first-order valence-corrected chi connectivity index (χ1v) is 17.3. The van der Waals surface area contributed by atoms with E-state index in [1.54, 1.807) is 11.8 Å². The molecule has 0 saturated heterocycles. The van der Waals surface area contributed by atoms with Crippen molar-refractivity contribution in [2.24, 2.45) is 5.92 Å². The third-order valence-electron chi connectivity index (χ3n) is 8.67. The Labute approximate surface area is 280 Å². The SMILES string of the molecule is CCCCc1ccccc1N(Cc1ccc(C(=O)N[C@@H](CCSC)C(=O)[O-])c(-c2ccccc2C)c1)CC1CCCCC1.[Li+]. The Bertz CT molecular complexity index is 1360. The van der Waals surface area contributed by atoms with Crippen LogP contribution in [-0.2, 0) is 17.8 Å². The van der Waals surface area contributed by atoms with Gasteiger partial charge in [-0.1, -0.05) is 81.1 Å². The van der Waals surface area contributed by atoms with Crippen molar-refractivity contribution in [1.29, 1.82) is 0 Å². The Morgan fingerprint density at radius 3 is 2.43 bits per heavy atom. The van der Waals surface area contributed by atoms with E-state index in [2.05, 4.69) is 47.5 Å². The minimum atomic E-state index is -1.25. The molecule has 0 spiro atoms. The Morgan fingerprint density at radius 2 is 1.73 bits per heavy atom. The smallest absolute Gasteiger partial charge is 0.548 e. The first-order valence-electron chi connectivity index (χ1n) is 15.9. The van der Waals surface area contributed by atoms with Crippen LogP contribution in [0.25, 0.3) is 11.1 Å². The zero-order valence-electron chi connectivity index (χ0n) is 27.1. The van der Waals surface area contributed by atoms with Gasteiger partial charge >= 0.3 is 18.9 Å². The van der Waals surface area contributed by atoms with E-state index in [0.717, 1.165) is 48.2 Å². The number of carbonyl (C=O) groups is 2. The molecule has 0 heterocycles. The summed E-state index contributed by atoms with van der Waals surface area (Å²) >= 11 is 1.55. The number of hydrogen-bond donors (Lipinski definition) is 1. The molecule has 0 aliphatic heterocycles. The van der Waals surface area contributed by atoms with Gasteiger partial charge < -0.3 is 20.1 Å². The topological polar surface area (TPSA) is 72.5 Å². The number of carboxylic acids is 1. The zero-order chi connectivity index (χ0) is 30.6. The second kappa shape index (κ2) is 18.3. The Kier molecular flexibility index (Phi) is 14.9.